The highest BCUT2D eigenvalue weighted by atomic mass is 16.6. The third-order valence-corrected chi connectivity index (χ3v) is 13.1. The van der Waals surface area contributed by atoms with Gasteiger partial charge in [0.1, 0.15) is 13.2 Å². The molecule has 77 heavy (non-hydrogen) atoms. The number of carbonyl (C=O) groups is 3. The third-order valence-electron chi connectivity index (χ3n) is 13.1. The van der Waals surface area contributed by atoms with Crippen molar-refractivity contribution in [1.82, 2.24) is 0 Å². The molecule has 0 aliphatic heterocycles. The summed E-state index contributed by atoms with van der Waals surface area (Å²) in [6.45, 7) is 6.36. The lowest BCUT2D eigenvalue weighted by molar-refractivity contribution is -0.167. The molecule has 0 saturated carbocycles. The Bertz CT molecular complexity index is 1650. The Balaban J connectivity index is 4.43. The van der Waals surface area contributed by atoms with Crippen LogP contribution in [0.25, 0.3) is 0 Å². The number of ether oxygens (including phenoxy) is 3. The highest BCUT2D eigenvalue weighted by molar-refractivity contribution is 5.71. The summed E-state index contributed by atoms with van der Waals surface area (Å²) in [5, 5.41) is 0. The molecule has 6 heteroatoms. The number of hydrogen-bond acceptors (Lipinski definition) is 6. The van der Waals surface area contributed by atoms with Crippen molar-refractivity contribution in [2.24, 2.45) is 0 Å². The van der Waals surface area contributed by atoms with Crippen LogP contribution in [0.1, 0.15) is 278 Å². The molecular weight excluding hydrogens is 949 g/mol. The van der Waals surface area contributed by atoms with Crippen LogP contribution >= 0.6 is 0 Å². The quantitative estimate of drug-likeness (QED) is 0.0261. The predicted octanol–water partition coefficient (Wildman–Crippen LogP) is 21.8. The lowest BCUT2D eigenvalue weighted by atomic mass is 10.1. The lowest BCUT2D eigenvalue weighted by Gasteiger charge is -2.18. The minimum Gasteiger partial charge on any atom is -0.462 e. The summed E-state index contributed by atoms with van der Waals surface area (Å²) in [7, 11) is 0. The Hall–Kier alpha value is -4.45. The molecule has 0 N–H and O–H groups in total. The maximum atomic E-state index is 12.9. The first kappa shape index (κ1) is 72.5. The van der Waals surface area contributed by atoms with Crippen LogP contribution in [0.15, 0.2) is 134 Å². The smallest absolute Gasteiger partial charge is 0.306 e. The molecule has 0 heterocycles. The summed E-state index contributed by atoms with van der Waals surface area (Å²) < 4.78 is 16.9. The van der Waals surface area contributed by atoms with Gasteiger partial charge in [0.15, 0.2) is 6.10 Å². The van der Waals surface area contributed by atoms with E-state index in [2.05, 4.69) is 154 Å². The molecule has 0 radical (unpaired) electrons. The first-order valence-electron chi connectivity index (χ1n) is 31.7. The van der Waals surface area contributed by atoms with Gasteiger partial charge < -0.3 is 14.2 Å². The molecule has 0 aliphatic rings. The van der Waals surface area contributed by atoms with Crippen molar-refractivity contribution < 1.29 is 28.6 Å². The van der Waals surface area contributed by atoms with E-state index in [-0.39, 0.29) is 31.1 Å². The predicted molar refractivity (Wildman–Crippen MR) is 334 cm³/mol. The first-order chi connectivity index (χ1) is 38.0. The van der Waals surface area contributed by atoms with E-state index < -0.39 is 6.10 Å². The summed E-state index contributed by atoms with van der Waals surface area (Å²) >= 11 is 0. The van der Waals surface area contributed by atoms with E-state index in [0.717, 1.165) is 148 Å². The Morgan fingerprint density at radius 1 is 0.273 bits per heavy atom. The van der Waals surface area contributed by atoms with Crippen LogP contribution in [0.5, 0.6) is 0 Å². The Morgan fingerprint density at radius 3 is 0.792 bits per heavy atom. The maximum absolute atomic E-state index is 12.9. The van der Waals surface area contributed by atoms with Gasteiger partial charge in [0.25, 0.3) is 0 Å². The van der Waals surface area contributed by atoms with E-state index in [1.807, 2.05) is 0 Å². The largest absolute Gasteiger partial charge is 0.462 e. The van der Waals surface area contributed by atoms with Crippen LogP contribution in [0.3, 0.4) is 0 Å². The summed E-state index contributed by atoms with van der Waals surface area (Å²) in [4.78, 5) is 38.3. The van der Waals surface area contributed by atoms with Crippen LogP contribution < -0.4 is 0 Å². The molecule has 1 atom stereocenters. The molecule has 0 fully saturated rings. The van der Waals surface area contributed by atoms with Gasteiger partial charge in [-0.2, -0.15) is 0 Å². The van der Waals surface area contributed by atoms with Gasteiger partial charge in [-0.1, -0.05) is 257 Å². The van der Waals surface area contributed by atoms with Crippen LogP contribution in [-0.2, 0) is 28.6 Å². The molecule has 1 unspecified atom stereocenters. The SMILES string of the molecule is CC/C=C\C/C=C\C/C=C\C/C=C\C/C=C\CCCCCCCCCCCC(=O)OCC(COC(=O)CCCCCCCCC/C=C\C/C=C\CCCCC)OC(=O)CCCCCC/C=C\C/C=C\C/C=C\C/C=C\CC. The third kappa shape index (κ3) is 62.3. The van der Waals surface area contributed by atoms with Gasteiger partial charge in [-0.05, 0) is 135 Å². The molecule has 436 valence electrons. The van der Waals surface area contributed by atoms with Crippen LogP contribution in [0.4, 0.5) is 0 Å². The van der Waals surface area contributed by atoms with Crippen molar-refractivity contribution in [2.75, 3.05) is 13.2 Å². The molecule has 0 aromatic carbocycles. The number of allylic oxidation sites excluding steroid dienone is 22. The van der Waals surface area contributed by atoms with Crippen molar-refractivity contribution >= 4 is 17.9 Å². The van der Waals surface area contributed by atoms with Crippen molar-refractivity contribution in [3.8, 4) is 0 Å². The Morgan fingerprint density at radius 2 is 0.506 bits per heavy atom. The van der Waals surface area contributed by atoms with Crippen molar-refractivity contribution in [3.05, 3.63) is 134 Å². The standard InChI is InChI=1S/C71H116O6/c1-4-7-10-13-16-19-22-25-28-31-32-33-34-35-36-37-38-41-43-46-49-52-55-58-61-64-70(73)76-67-68(77-71(74)65-62-59-56-53-50-47-44-40-30-27-24-21-18-15-12-9-6-3)66-75-69(72)63-60-57-54-51-48-45-42-39-29-26-23-20-17-14-11-8-5-2/h7,9-10,12,16-21,25-30,32-33,35-36,44,47,68H,4-6,8,11,13-15,22-24,31,34,37-43,45-46,48-67H2,1-3H3/b10-7-,12-9-,19-16-,20-17-,21-18-,28-25-,29-26-,30-27-,33-32-,36-35-,47-44-. The fourth-order valence-electron chi connectivity index (χ4n) is 8.43. The van der Waals surface area contributed by atoms with E-state index in [4.69, 9.17) is 14.2 Å². The molecule has 6 nitrogen and oxygen atoms in total. The average molecular weight is 1070 g/mol. The van der Waals surface area contributed by atoms with E-state index in [9.17, 15) is 14.4 Å². The van der Waals surface area contributed by atoms with E-state index in [1.54, 1.807) is 0 Å². The fraction of sp³-hybridized carbons (Fsp3) is 0.648. The van der Waals surface area contributed by atoms with Gasteiger partial charge in [-0.15, -0.1) is 0 Å². The Kier molecular flexibility index (Phi) is 60.4. The summed E-state index contributed by atoms with van der Waals surface area (Å²) in [5.41, 5.74) is 0. The summed E-state index contributed by atoms with van der Waals surface area (Å²) in [6.07, 6.45) is 90.2. The molecule has 0 aromatic heterocycles. The average Bonchev–Trinajstić information content (AvgIpc) is 3.43. The highest BCUT2D eigenvalue weighted by Gasteiger charge is 2.19. The zero-order chi connectivity index (χ0) is 55.7. The van der Waals surface area contributed by atoms with Gasteiger partial charge in [0.05, 0.1) is 0 Å². The number of carbonyl (C=O) groups excluding carboxylic acids is 3. The minimum absolute atomic E-state index is 0.0974. The molecule has 0 bridgehead atoms. The second kappa shape index (κ2) is 64.1. The molecule has 0 aliphatic carbocycles. The van der Waals surface area contributed by atoms with Gasteiger partial charge >= 0.3 is 17.9 Å². The van der Waals surface area contributed by atoms with Crippen molar-refractivity contribution in [2.45, 2.75) is 284 Å². The lowest BCUT2D eigenvalue weighted by Crippen LogP contribution is -2.30. The highest BCUT2D eigenvalue weighted by Crippen LogP contribution is 2.15. The molecule has 0 saturated heterocycles. The molecule has 0 rings (SSSR count). The molecule has 0 spiro atoms. The second-order valence-electron chi connectivity index (χ2n) is 20.5. The Labute approximate surface area is 475 Å². The van der Waals surface area contributed by atoms with E-state index in [0.29, 0.717) is 19.3 Å². The fourth-order valence-corrected chi connectivity index (χ4v) is 8.43. The monoisotopic (exact) mass is 1060 g/mol. The van der Waals surface area contributed by atoms with E-state index >= 15 is 0 Å². The molecular formula is C71H116O6. The topological polar surface area (TPSA) is 78.9 Å². The number of rotatable bonds is 56. The second-order valence-corrected chi connectivity index (χ2v) is 20.5. The van der Waals surface area contributed by atoms with Crippen molar-refractivity contribution in [3.63, 3.8) is 0 Å². The van der Waals surface area contributed by atoms with Crippen LogP contribution in [0.2, 0.25) is 0 Å². The summed E-state index contributed by atoms with van der Waals surface area (Å²) in [6, 6.07) is 0. The first-order valence-corrected chi connectivity index (χ1v) is 31.7. The number of unbranched alkanes of at least 4 members (excludes halogenated alkanes) is 23. The molecule has 0 aromatic rings. The van der Waals surface area contributed by atoms with Gasteiger partial charge in [-0.25, -0.2) is 0 Å². The zero-order valence-electron chi connectivity index (χ0n) is 49.9. The molecule has 0 amide bonds. The van der Waals surface area contributed by atoms with E-state index in [1.165, 1.54) is 89.9 Å². The number of esters is 3. The van der Waals surface area contributed by atoms with Crippen LogP contribution in [0, 0.1) is 0 Å². The maximum Gasteiger partial charge on any atom is 0.306 e. The van der Waals surface area contributed by atoms with Gasteiger partial charge in [0.2, 0.25) is 0 Å². The van der Waals surface area contributed by atoms with Gasteiger partial charge in [-0.3, -0.25) is 14.4 Å². The zero-order valence-corrected chi connectivity index (χ0v) is 49.9. The van der Waals surface area contributed by atoms with Crippen molar-refractivity contribution in [1.29, 1.82) is 0 Å². The number of hydrogen-bond donors (Lipinski definition) is 0. The minimum atomic E-state index is -0.803. The normalized spacial score (nSPS) is 13.0. The van der Waals surface area contributed by atoms with Crippen LogP contribution in [-0.4, -0.2) is 37.2 Å². The van der Waals surface area contributed by atoms with Gasteiger partial charge in [0, 0.05) is 19.3 Å². The summed E-state index contributed by atoms with van der Waals surface area (Å²) in [5.74, 6) is -0.933.